The van der Waals surface area contributed by atoms with Crippen LogP contribution in [0.4, 0.5) is 0 Å². The Balaban J connectivity index is 1.82. The molecule has 2 saturated heterocycles. The summed E-state index contributed by atoms with van der Waals surface area (Å²) in [4.78, 5) is 7.13. The second-order valence-corrected chi connectivity index (χ2v) is 8.61. The van der Waals surface area contributed by atoms with Crippen LogP contribution in [0.3, 0.4) is 0 Å². The predicted molar refractivity (Wildman–Crippen MR) is 117 cm³/mol. The fraction of sp³-hybridized carbons (Fsp3) is 0.500. The number of piperidine rings is 1. The molecule has 3 rings (SSSR count). The van der Waals surface area contributed by atoms with E-state index in [9.17, 15) is 5.11 Å². The van der Waals surface area contributed by atoms with Crippen molar-refractivity contribution in [2.45, 2.75) is 33.1 Å². The Hall–Kier alpha value is -1.33. The number of halogens is 2. The Morgan fingerprint density at radius 2 is 1.96 bits per heavy atom. The number of aliphatic hydroxyl groups excluding tert-OH is 1. The van der Waals surface area contributed by atoms with E-state index in [2.05, 4.69) is 11.5 Å². The van der Waals surface area contributed by atoms with Gasteiger partial charge in [0, 0.05) is 31.0 Å². The zero-order valence-electron chi connectivity index (χ0n) is 16.6. The molecule has 2 aliphatic heterocycles. The molecule has 0 aliphatic carbocycles. The first kappa shape index (κ1) is 21.4. The van der Waals surface area contributed by atoms with Gasteiger partial charge in [0.1, 0.15) is 5.82 Å². The molecule has 2 heterocycles. The zero-order valence-corrected chi connectivity index (χ0v) is 18.1. The fourth-order valence-electron chi connectivity index (χ4n) is 3.90. The maximum atomic E-state index is 9.76. The van der Waals surface area contributed by atoms with Crippen molar-refractivity contribution in [3.05, 3.63) is 51.8 Å². The standard InChI is InChI=1S/C22H28Cl2N2O2/c1-15(13-27)21(26-10-7-22(8-11-26)9-12-28-14-22)25-17(3)16(2)18-5-4-6-19(23)20(18)24/h4-6,27H,2,7-14H2,1,3H3/b21-15-,25-17-. The maximum absolute atomic E-state index is 9.76. The van der Waals surface area contributed by atoms with Crippen LogP contribution in [-0.4, -0.2) is 48.6 Å². The van der Waals surface area contributed by atoms with Crippen molar-refractivity contribution in [3.8, 4) is 0 Å². The van der Waals surface area contributed by atoms with Gasteiger partial charge in [0.15, 0.2) is 0 Å². The van der Waals surface area contributed by atoms with Gasteiger partial charge in [-0.3, -0.25) is 0 Å². The number of benzene rings is 1. The fourth-order valence-corrected chi connectivity index (χ4v) is 4.32. The third kappa shape index (κ3) is 4.46. The molecule has 1 spiro atoms. The van der Waals surface area contributed by atoms with Crippen LogP contribution in [0.15, 0.2) is 41.2 Å². The van der Waals surface area contributed by atoms with Crippen LogP contribution < -0.4 is 0 Å². The predicted octanol–water partition coefficient (Wildman–Crippen LogP) is 5.19. The summed E-state index contributed by atoms with van der Waals surface area (Å²) in [6.45, 7) is 11.6. The molecule has 0 atom stereocenters. The number of hydrogen-bond donors (Lipinski definition) is 1. The highest BCUT2D eigenvalue weighted by molar-refractivity contribution is 6.44. The average Bonchev–Trinajstić information content (AvgIpc) is 3.15. The number of ether oxygens (including phenoxy) is 1. The quantitative estimate of drug-likeness (QED) is 0.663. The molecule has 0 amide bonds. The topological polar surface area (TPSA) is 45.1 Å². The summed E-state index contributed by atoms with van der Waals surface area (Å²) < 4.78 is 5.64. The first-order valence-electron chi connectivity index (χ1n) is 9.69. The molecule has 0 saturated carbocycles. The molecule has 2 aliphatic rings. The van der Waals surface area contributed by atoms with E-state index in [1.807, 2.05) is 26.0 Å². The Bertz CT molecular complexity index is 801. The molecular weight excluding hydrogens is 395 g/mol. The lowest BCUT2D eigenvalue weighted by atomic mass is 9.78. The molecule has 28 heavy (non-hydrogen) atoms. The summed E-state index contributed by atoms with van der Waals surface area (Å²) in [6, 6.07) is 5.50. The summed E-state index contributed by atoms with van der Waals surface area (Å²) in [5.74, 6) is 0.827. The first-order chi connectivity index (χ1) is 13.4. The van der Waals surface area contributed by atoms with E-state index in [0.717, 1.165) is 73.8 Å². The minimum atomic E-state index is -0.0265. The molecule has 0 unspecified atom stereocenters. The van der Waals surface area contributed by atoms with Crippen molar-refractivity contribution >= 4 is 34.5 Å². The Morgan fingerprint density at radius 3 is 2.57 bits per heavy atom. The number of rotatable bonds is 5. The van der Waals surface area contributed by atoms with Gasteiger partial charge in [0.05, 0.1) is 23.3 Å². The van der Waals surface area contributed by atoms with Crippen LogP contribution in [-0.2, 0) is 4.74 Å². The van der Waals surface area contributed by atoms with Crippen molar-refractivity contribution < 1.29 is 9.84 Å². The lowest BCUT2D eigenvalue weighted by Crippen LogP contribution is -2.40. The molecule has 1 aromatic carbocycles. The molecule has 152 valence electrons. The second kappa shape index (κ2) is 9.00. The van der Waals surface area contributed by atoms with Gasteiger partial charge in [0.25, 0.3) is 0 Å². The van der Waals surface area contributed by atoms with Crippen molar-refractivity contribution in [3.63, 3.8) is 0 Å². The number of likely N-dealkylation sites (tertiary alicyclic amines) is 1. The van der Waals surface area contributed by atoms with Crippen LogP contribution in [0.25, 0.3) is 5.57 Å². The van der Waals surface area contributed by atoms with Gasteiger partial charge < -0.3 is 14.7 Å². The molecule has 0 radical (unpaired) electrons. The van der Waals surface area contributed by atoms with Crippen molar-refractivity contribution in [2.24, 2.45) is 10.4 Å². The highest BCUT2D eigenvalue weighted by atomic mass is 35.5. The van der Waals surface area contributed by atoms with Crippen LogP contribution in [0.1, 0.15) is 38.7 Å². The summed E-state index contributed by atoms with van der Waals surface area (Å²) in [6.07, 6.45) is 3.32. The van der Waals surface area contributed by atoms with Gasteiger partial charge >= 0.3 is 0 Å². The molecule has 4 nitrogen and oxygen atoms in total. The lowest BCUT2D eigenvalue weighted by Gasteiger charge is -2.40. The zero-order chi connectivity index (χ0) is 20.3. The average molecular weight is 423 g/mol. The third-order valence-electron chi connectivity index (χ3n) is 5.91. The number of aliphatic hydroxyl groups is 1. The molecule has 0 aromatic heterocycles. The maximum Gasteiger partial charge on any atom is 0.130 e. The van der Waals surface area contributed by atoms with Gasteiger partial charge in [-0.1, -0.05) is 41.9 Å². The Labute approximate surface area is 177 Å². The van der Waals surface area contributed by atoms with Crippen molar-refractivity contribution in [1.29, 1.82) is 0 Å². The van der Waals surface area contributed by atoms with E-state index in [1.165, 1.54) is 0 Å². The van der Waals surface area contributed by atoms with E-state index < -0.39 is 0 Å². The summed E-state index contributed by atoms with van der Waals surface area (Å²) in [7, 11) is 0. The summed E-state index contributed by atoms with van der Waals surface area (Å²) in [5, 5.41) is 10.7. The van der Waals surface area contributed by atoms with E-state index in [0.29, 0.717) is 15.5 Å². The first-order valence-corrected chi connectivity index (χ1v) is 10.4. The van der Waals surface area contributed by atoms with Gasteiger partial charge in [-0.15, -0.1) is 0 Å². The minimum absolute atomic E-state index is 0.0265. The monoisotopic (exact) mass is 422 g/mol. The highest BCUT2D eigenvalue weighted by Gasteiger charge is 2.38. The van der Waals surface area contributed by atoms with Crippen molar-refractivity contribution in [2.75, 3.05) is 32.9 Å². The lowest BCUT2D eigenvalue weighted by molar-refractivity contribution is 0.0934. The molecule has 1 aromatic rings. The van der Waals surface area contributed by atoms with Crippen LogP contribution >= 0.6 is 23.2 Å². The Kier molecular flexibility index (Phi) is 6.87. The molecule has 6 heteroatoms. The molecule has 0 bridgehead atoms. The third-order valence-corrected chi connectivity index (χ3v) is 6.73. The number of nitrogens with zero attached hydrogens (tertiary/aromatic N) is 2. The minimum Gasteiger partial charge on any atom is -0.392 e. The Morgan fingerprint density at radius 1 is 1.25 bits per heavy atom. The summed E-state index contributed by atoms with van der Waals surface area (Å²) >= 11 is 12.5. The SMILES string of the molecule is C=C(/C(C)=N\C(=C(/C)CO)N1CCC2(CCOC2)CC1)c1cccc(Cl)c1Cl. The van der Waals surface area contributed by atoms with Crippen LogP contribution in [0.2, 0.25) is 10.0 Å². The number of hydrogen-bond acceptors (Lipinski definition) is 4. The smallest absolute Gasteiger partial charge is 0.130 e. The normalized spacial score (nSPS) is 20.5. The van der Waals surface area contributed by atoms with Gasteiger partial charge in [-0.2, -0.15) is 0 Å². The molecular formula is C22H28Cl2N2O2. The van der Waals surface area contributed by atoms with Gasteiger partial charge in [-0.05, 0) is 55.7 Å². The van der Waals surface area contributed by atoms with Gasteiger partial charge in [-0.25, -0.2) is 4.99 Å². The molecule has 1 N–H and O–H groups in total. The number of aliphatic imine (C=N–C) groups is 1. The summed E-state index contributed by atoms with van der Waals surface area (Å²) in [5.41, 5.74) is 3.44. The van der Waals surface area contributed by atoms with E-state index in [4.69, 9.17) is 32.9 Å². The van der Waals surface area contributed by atoms with E-state index in [-0.39, 0.29) is 6.61 Å². The van der Waals surface area contributed by atoms with E-state index >= 15 is 0 Å². The highest BCUT2D eigenvalue weighted by Crippen LogP contribution is 2.40. The largest absolute Gasteiger partial charge is 0.392 e. The second-order valence-electron chi connectivity index (χ2n) is 7.83. The van der Waals surface area contributed by atoms with Crippen molar-refractivity contribution in [1.82, 2.24) is 4.90 Å². The molecule has 2 fully saturated rings. The number of allylic oxidation sites excluding steroid dienone is 1. The van der Waals surface area contributed by atoms with Crippen LogP contribution in [0, 0.1) is 5.41 Å². The van der Waals surface area contributed by atoms with Crippen LogP contribution in [0.5, 0.6) is 0 Å². The van der Waals surface area contributed by atoms with Gasteiger partial charge in [0.2, 0.25) is 0 Å². The van der Waals surface area contributed by atoms with E-state index in [1.54, 1.807) is 6.07 Å².